The number of hydrogen-bond donors (Lipinski definition) is 0. The van der Waals surface area contributed by atoms with Crippen LogP contribution in [0.15, 0.2) is 292 Å². The van der Waals surface area contributed by atoms with Gasteiger partial charge in [0.25, 0.3) is 0 Å². The molecule has 10 aromatic carbocycles. The Balaban J connectivity index is 0.760. The van der Waals surface area contributed by atoms with Crippen molar-refractivity contribution in [3.63, 3.8) is 0 Å². The number of hydrogen-bond acceptors (Lipinski definition) is 5. The second-order valence-corrected chi connectivity index (χ2v) is 21.7. The van der Waals surface area contributed by atoms with Gasteiger partial charge in [-0.2, -0.15) is 0 Å². The quantitative estimate of drug-likeness (QED) is 0.137. The highest BCUT2D eigenvalue weighted by atomic mass is 16.5. The Labute approximate surface area is 470 Å². The number of anilines is 4. The van der Waals surface area contributed by atoms with Gasteiger partial charge >= 0.3 is 0 Å². The maximum Gasteiger partial charge on any atom is 0.143 e. The van der Waals surface area contributed by atoms with E-state index in [1.807, 2.05) is 12.1 Å². The van der Waals surface area contributed by atoms with E-state index in [1.165, 1.54) is 55.8 Å². The molecule has 0 radical (unpaired) electrons. The predicted molar refractivity (Wildman–Crippen MR) is 333 cm³/mol. The minimum absolute atomic E-state index is 0.170. The molecule has 0 fully saturated rings. The number of rotatable bonds is 10. The number of furan rings is 2. The summed E-state index contributed by atoms with van der Waals surface area (Å²) >= 11 is 0. The summed E-state index contributed by atoms with van der Waals surface area (Å²) in [5.74, 6) is 2.12. The summed E-state index contributed by atoms with van der Waals surface area (Å²) < 4.78 is 20.3. The molecule has 0 amide bonds. The standard InChI is InChI=1S/C76H54N2O3/c1-3-14-49(15-4-1)51-28-36-56(37-29-51)77(57-40-32-53(33-41-57)62-21-12-24-67-64-19-7-9-26-70(64)80-75(62)67)60-44-45-72-69(47-60)66-23-11-18-55-46-61(48-73(79-72)74(55)66)78(58-38-30-52(31-39-58)50-16-5-2-6-17-50)59-42-34-54(35-43-59)63-22-13-25-68-65-20-8-10-27-71(65)81-76(63)68/h1-10,12-17,19-34,36-43,46-48,54H,11,18,35,44-45H2. The van der Waals surface area contributed by atoms with E-state index in [9.17, 15) is 0 Å². The van der Waals surface area contributed by atoms with Gasteiger partial charge in [0, 0.05) is 90.7 Å². The van der Waals surface area contributed by atoms with E-state index in [1.54, 1.807) is 0 Å². The summed E-state index contributed by atoms with van der Waals surface area (Å²) in [6.45, 7) is 0. The van der Waals surface area contributed by atoms with Crippen molar-refractivity contribution in [2.75, 3.05) is 9.80 Å². The van der Waals surface area contributed by atoms with Crippen LogP contribution in [0.5, 0.6) is 5.75 Å². The molecule has 1 atom stereocenters. The van der Waals surface area contributed by atoms with Crippen molar-refractivity contribution in [1.82, 2.24) is 0 Å². The Bertz CT molecular complexity index is 4610. The normalized spacial score (nSPS) is 15.5. The fraction of sp³-hybridized carbons (Fsp3) is 0.0789. The highest BCUT2D eigenvalue weighted by Gasteiger charge is 2.33. The summed E-state index contributed by atoms with van der Waals surface area (Å²) in [7, 11) is 0. The van der Waals surface area contributed by atoms with Crippen LogP contribution < -0.4 is 14.5 Å². The number of fused-ring (bicyclic) bond motifs is 7. The fourth-order valence-electron chi connectivity index (χ4n) is 13.1. The molecule has 12 aromatic rings. The van der Waals surface area contributed by atoms with Crippen LogP contribution in [0.4, 0.5) is 22.7 Å². The lowest BCUT2D eigenvalue weighted by Gasteiger charge is -2.36. The van der Waals surface area contributed by atoms with Crippen LogP contribution >= 0.6 is 0 Å². The molecule has 5 nitrogen and oxygen atoms in total. The lowest BCUT2D eigenvalue weighted by Crippen LogP contribution is -2.23. The summed E-state index contributed by atoms with van der Waals surface area (Å²) in [5, 5.41) is 4.58. The fourth-order valence-corrected chi connectivity index (χ4v) is 13.1. The van der Waals surface area contributed by atoms with E-state index in [2.05, 4.69) is 259 Å². The number of allylic oxidation sites excluding steroid dienone is 9. The monoisotopic (exact) mass is 1040 g/mol. The molecule has 1 aliphatic heterocycles. The van der Waals surface area contributed by atoms with E-state index in [0.717, 1.165) is 127 Å². The maximum atomic E-state index is 7.23. The van der Waals surface area contributed by atoms with Crippen molar-refractivity contribution in [2.45, 2.75) is 38.0 Å². The molecule has 0 bridgehead atoms. The largest absolute Gasteiger partial charge is 0.460 e. The second-order valence-electron chi connectivity index (χ2n) is 21.7. The van der Waals surface area contributed by atoms with Gasteiger partial charge < -0.3 is 23.4 Å². The Hall–Kier alpha value is -10.1. The number of aryl methyl sites for hydroxylation is 1. The first-order valence-electron chi connectivity index (χ1n) is 28.3. The molecule has 3 heterocycles. The Morgan fingerprint density at radius 1 is 0.432 bits per heavy atom. The van der Waals surface area contributed by atoms with Gasteiger partial charge in [-0.15, -0.1) is 0 Å². The average molecular weight is 1040 g/mol. The van der Waals surface area contributed by atoms with E-state index in [4.69, 9.17) is 13.6 Å². The lowest BCUT2D eigenvalue weighted by molar-refractivity contribution is 0.390. The van der Waals surface area contributed by atoms with Crippen LogP contribution in [0.1, 0.15) is 48.3 Å². The van der Waals surface area contributed by atoms with Gasteiger partial charge in [0.1, 0.15) is 33.8 Å². The van der Waals surface area contributed by atoms with Crippen LogP contribution in [0.3, 0.4) is 0 Å². The van der Waals surface area contributed by atoms with E-state index >= 15 is 0 Å². The molecule has 386 valence electrons. The summed E-state index contributed by atoms with van der Waals surface area (Å²) in [4.78, 5) is 4.87. The Kier molecular flexibility index (Phi) is 11.2. The van der Waals surface area contributed by atoms with Crippen molar-refractivity contribution in [3.8, 4) is 39.1 Å². The first-order valence-corrected chi connectivity index (χ1v) is 28.3. The molecule has 5 heteroatoms. The van der Waals surface area contributed by atoms with Crippen molar-refractivity contribution < 1.29 is 13.6 Å². The zero-order chi connectivity index (χ0) is 53.4. The number of benzene rings is 10. The average Bonchev–Trinajstić information content (AvgIpc) is 4.24. The highest BCUT2D eigenvalue weighted by molar-refractivity contribution is 6.10. The molecule has 3 aliphatic carbocycles. The van der Waals surface area contributed by atoms with Gasteiger partial charge in [-0.3, -0.25) is 0 Å². The molecule has 4 aliphatic rings. The smallest absolute Gasteiger partial charge is 0.143 e. The van der Waals surface area contributed by atoms with Crippen LogP contribution in [-0.4, -0.2) is 0 Å². The van der Waals surface area contributed by atoms with Crippen LogP contribution in [0, 0.1) is 0 Å². The first-order chi connectivity index (χ1) is 40.1. The van der Waals surface area contributed by atoms with E-state index in [-0.39, 0.29) is 5.92 Å². The summed E-state index contributed by atoms with van der Waals surface area (Å²) in [6.07, 6.45) is 16.2. The minimum atomic E-state index is 0.170. The minimum Gasteiger partial charge on any atom is -0.460 e. The second kappa shape index (κ2) is 19.4. The molecule has 0 saturated carbocycles. The Morgan fingerprint density at radius 3 is 1.65 bits per heavy atom. The molecule has 0 saturated heterocycles. The van der Waals surface area contributed by atoms with Gasteiger partial charge in [0.15, 0.2) is 0 Å². The zero-order valence-corrected chi connectivity index (χ0v) is 44.6. The number of ether oxygens (including phenoxy) is 1. The number of nitrogens with zero attached hydrogens (tertiary/aromatic N) is 2. The molecular weight excluding hydrogens is 989 g/mol. The third-order valence-electron chi connectivity index (χ3n) is 17.0. The molecule has 0 N–H and O–H groups in total. The molecule has 0 spiro atoms. The van der Waals surface area contributed by atoms with Gasteiger partial charge in [0.2, 0.25) is 0 Å². The van der Waals surface area contributed by atoms with Gasteiger partial charge in [0.05, 0.1) is 5.69 Å². The van der Waals surface area contributed by atoms with Gasteiger partial charge in [-0.1, -0.05) is 188 Å². The van der Waals surface area contributed by atoms with Crippen LogP contribution in [-0.2, 0) is 6.42 Å². The lowest BCUT2D eigenvalue weighted by atomic mass is 9.81. The van der Waals surface area contributed by atoms with Crippen molar-refractivity contribution in [2.24, 2.45) is 0 Å². The maximum absolute atomic E-state index is 7.23. The number of para-hydroxylation sites is 4. The molecular formula is C76H54N2O3. The molecule has 1 unspecified atom stereocenters. The SMILES string of the molecule is C1=CC(c2cccc3c2oc2ccccc23)CC=C1N(c1ccc(-c2ccccc2)cc1)c1cc2c3c(c1)OC1=C(C=C(N(c4ccc(-c5ccccc5)cc4)c4ccc(-c5cccc6c5oc5ccccc56)cc4)CC1)C3=CCC2. The van der Waals surface area contributed by atoms with E-state index in [0.29, 0.717) is 0 Å². The van der Waals surface area contributed by atoms with Crippen LogP contribution in [0.2, 0.25) is 0 Å². The summed E-state index contributed by atoms with van der Waals surface area (Å²) in [5.41, 5.74) is 23.6. The van der Waals surface area contributed by atoms with E-state index < -0.39 is 0 Å². The summed E-state index contributed by atoms with van der Waals surface area (Å²) in [6, 6.07) is 82.7. The van der Waals surface area contributed by atoms with Crippen molar-refractivity contribution in [3.05, 3.63) is 300 Å². The van der Waals surface area contributed by atoms with Crippen LogP contribution in [0.25, 0.3) is 82.8 Å². The molecule has 2 aromatic heterocycles. The topological polar surface area (TPSA) is 42.0 Å². The zero-order valence-electron chi connectivity index (χ0n) is 44.6. The van der Waals surface area contributed by atoms with Crippen molar-refractivity contribution >= 4 is 72.2 Å². The van der Waals surface area contributed by atoms with Gasteiger partial charge in [-0.05, 0) is 131 Å². The van der Waals surface area contributed by atoms with Crippen molar-refractivity contribution in [1.29, 1.82) is 0 Å². The third-order valence-corrected chi connectivity index (χ3v) is 17.0. The highest BCUT2D eigenvalue weighted by Crippen LogP contribution is 2.51. The third kappa shape index (κ3) is 8.15. The predicted octanol–water partition coefficient (Wildman–Crippen LogP) is 20.7. The Morgan fingerprint density at radius 2 is 1.00 bits per heavy atom. The first kappa shape index (κ1) is 46.9. The van der Waals surface area contributed by atoms with Gasteiger partial charge in [-0.25, -0.2) is 0 Å². The molecule has 81 heavy (non-hydrogen) atoms. The molecule has 16 rings (SSSR count).